The van der Waals surface area contributed by atoms with Gasteiger partial charge in [0.1, 0.15) is 11.5 Å². The summed E-state index contributed by atoms with van der Waals surface area (Å²) in [4.78, 5) is 32.0. The number of aryl methyl sites for hydroxylation is 1. The van der Waals surface area contributed by atoms with E-state index >= 15 is 0 Å². The summed E-state index contributed by atoms with van der Waals surface area (Å²) in [5.41, 5.74) is 1.87. The number of hydrogen-bond acceptors (Lipinski definition) is 8. The van der Waals surface area contributed by atoms with Crippen LogP contribution in [0, 0.1) is 6.92 Å². The molecule has 1 fully saturated rings. The van der Waals surface area contributed by atoms with Crippen LogP contribution in [0.4, 0.5) is 4.79 Å². The molecule has 0 saturated carbocycles. The number of rotatable bonds is 9. The quantitative estimate of drug-likeness (QED) is 0.449. The van der Waals surface area contributed by atoms with E-state index in [0.29, 0.717) is 25.3 Å². The molecule has 0 spiro atoms. The molecule has 1 aliphatic heterocycles. The molecule has 3 aromatic rings. The lowest BCUT2D eigenvalue weighted by Gasteiger charge is -2.08. The van der Waals surface area contributed by atoms with Crippen LogP contribution in [0.15, 0.2) is 58.1 Å². The van der Waals surface area contributed by atoms with E-state index in [0.717, 1.165) is 39.6 Å². The van der Waals surface area contributed by atoms with Gasteiger partial charge in [-0.15, -0.1) is 0 Å². The predicted octanol–water partition coefficient (Wildman–Crippen LogP) is 4.75. The van der Waals surface area contributed by atoms with Gasteiger partial charge in [-0.05, 0) is 50.1 Å². The summed E-state index contributed by atoms with van der Waals surface area (Å²) in [7, 11) is 0. The van der Waals surface area contributed by atoms with Gasteiger partial charge in [-0.3, -0.25) is 14.9 Å². The molecule has 32 heavy (non-hydrogen) atoms. The summed E-state index contributed by atoms with van der Waals surface area (Å²) < 4.78 is 11.7. The molecule has 0 aliphatic carbocycles. The van der Waals surface area contributed by atoms with Crippen LogP contribution in [0.3, 0.4) is 0 Å². The molecule has 2 amide bonds. The fourth-order valence-electron chi connectivity index (χ4n) is 3.23. The molecule has 2 unspecified atom stereocenters. The highest BCUT2D eigenvalue weighted by Gasteiger charge is 2.31. The molecule has 9 heteroatoms. The highest BCUT2D eigenvalue weighted by molar-refractivity contribution is 8.15. The minimum Gasteiger partial charge on any atom is -0.493 e. The first-order chi connectivity index (χ1) is 15.5. The van der Waals surface area contributed by atoms with E-state index in [1.165, 1.54) is 0 Å². The molecule has 166 valence electrons. The zero-order valence-electron chi connectivity index (χ0n) is 17.7. The van der Waals surface area contributed by atoms with Crippen molar-refractivity contribution in [3.05, 3.63) is 71.6 Å². The Morgan fingerprint density at radius 2 is 2.03 bits per heavy atom. The average Bonchev–Trinajstić information content (AvgIpc) is 3.31. The van der Waals surface area contributed by atoms with Crippen LogP contribution in [0.5, 0.6) is 5.75 Å². The number of ether oxygens (including phenoxy) is 1. The molecular formula is C23H23N3O4S2. The first-order valence-electron chi connectivity index (χ1n) is 10.2. The second kappa shape index (κ2) is 10.2. The minimum atomic E-state index is -0.364. The van der Waals surface area contributed by atoms with Gasteiger partial charge in [0.25, 0.3) is 5.24 Å². The third kappa shape index (κ3) is 5.72. The van der Waals surface area contributed by atoms with E-state index in [4.69, 9.17) is 9.15 Å². The van der Waals surface area contributed by atoms with Crippen molar-refractivity contribution in [2.24, 2.45) is 0 Å². The first kappa shape index (κ1) is 22.4. The number of amides is 2. The molecule has 1 N–H and O–H groups in total. The number of oxazole rings is 1. The van der Waals surface area contributed by atoms with E-state index < -0.39 is 0 Å². The second-order valence-electron chi connectivity index (χ2n) is 7.31. The lowest BCUT2D eigenvalue weighted by atomic mass is 10.1. The van der Waals surface area contributed by atoms with Gasteiger partial charge >= 0.3 is 0 Å². The van der Waals surface area contributed by atoms with Crippen molar-refractivity contribution in [3.63, 3.8) is 0 Å². The molecule has 0 radical (unpaired) electrons. The van der Waals surface area contributed by atoms with Gasteiger partial charge in [-0.25, -0.2) is 9.97 Å². The number of thioether (sulfide) groups is 2. The Hall–Kier alpha value is -2.78. The number of carbonyl (C=O) groups is 2. The molecular weight excluding hydrogens is 446 g/mol. The summed E-state index contributed by atoms with van der Waals surface area (Å²) in [5, 5.41) is 2.65. The van der Waals surface area contributed by atoms with Crippen molar-refractivity contribution < 1.29 is 18.7 Å². The van der Waals surface area contributed by atoms with Crippen LogP contribution < -0.4 is 10.1 Å². The lowest BCUT2D eigenvalue weighted by molar-refractivity contribution is -0.118. The minimum absolute atomic E-state index is 0.0567. The van der Waals surface area contributed by atoms with Crippen LogP contribution in [0.2, 0.25) is 0 Å². The van der Waals surface area contributed by atoms with Crippen LogP contribution in [0.25, 0.3) is 0 Å². The van der Waals surface area contributed by atoms with Crippen LogP contribution >= 0.6 is 23.5 Å². The maximum absolute atomic E-state index is 11.7. The van der Waals surface area contributed by atoms with E-state index in [9.17, 15) is 9.59 Å². The number of pyridine rings is 1. The number of nitrogens with one attached hydrogen (secondary N) is 1. The molecule has 4 rings (SSSR count). The summed E-state index contributed by atoms with van der Waals surface area (Å²) in [6.45, 7) is 4.44. The van der Waals surface area contributed by atoms with Crippen molar-refractivity contribution in [2.75, 3.05) is 6.61 Å². The smallest absolute Gasteiger partial charge is 0.286 e. The Morgan fingerprint density at radius 3 is 2.72 bits per heavy atom. The number of carbonyl (C=O) groups excluding carboxylic acids is 2. The van der Waals surface area contributed by atoms with Gasteiger partial charge in [0.05, 0.1) is 27.8 Å². The molecule has 1 saturated heterocycles. The third-order valence-electron chi connectivity index (χ3n) is 4.91. The topological polar surface area (TPSA) is 94.3 Å². The fourth-order valence-corrected chi connectivity index (χ4v) is 4.94. The van der Waals surface area contributed by atoms with E-state index in [1.807, 2.05) is 49.4 Å². The lowest BCUT2D eigenvalue weighted by Crippen LogP contribution is -2.25. The van der Waals surface area contributed by atoms with Crippen molar-refractivity contribution in [2.45, 2.75) is 42.2 Å². The van der Waals surface area contributed by atoms with Gasteiger partial charge in [0.2, 0.25) is 11.8 Å². The zero-order valence-corrected chi connectivity index (χ0v) is 19.4. The Balaban J connectivity index is 1.27. The average molecular weight is 470 g/mol. The number of hydrogen-bond donors (Lipinski definition) is 1. The fraction of sp³-hybridized carbons (Fsp3) is 0.304. The predicted molar refractivity (Wildman–Crippen MR) is 124 cm³/mol. The van der Waals surface area contributed by atoms with Crippen LogP contribution in [0.1, 0.15) is 35.1 Å². The Kier molecular flexibility index (Phi) is 7.16. The summed E-state index contributed by atoms with van der Waals surface area (Å²) in [5.74, 6) is 2.00. The van der Waals surface area contributed by atoms with Gasteiger partial charge in [-0.1, -0.05) is 41.7 Å². The van der Waals surface area contributed by atoms with E-state index in [-0.39, 0.29) is 21.6 Å². The molecule has 1 aliphatic rings. The van der Waals surface area contributed by atoms with E-state index in [2.05, 4.69) is 22.2 Å². The molecule has 2 aromatic heterocycles. The summed E-state index contributed by atoms with van der Waals surface area (Å²) in [6.07, 6.45) is 2.92. The van der Waals surface area contributed by atoms with E-state index in [1.54, 1.807) is 18.0 Å². The SMILES string of the molecule is Cc1oc(C(C)Sc2ccccn2)nc1CCOc1ccc(CC2SC(=O)NC2=O)cc1. The van der Waals surface area contributed by atoms with Crippen molar-refractivity contribution in [1.29, 1.82) is 0 Å². The summed E-state index contributed by atoms with van der Waals surface area (Å²) >= 11 is 2.65. The zero-order chi connectivity index (χ0) is 22.5. The van der Waals surface area contributed by atoms with Gasteiger partial charge < -0.3 is 9.15 Å². The van der Waals surface area contributed by atoms with Gasteiger partial charge in [0, 0.05) is 12.6 Å². The normalized spacial score (nSPS) is 16.8. The standard InChI is InChI=1S/C23H23N3O4S2/c1-14-18(25-22(30-14)15(2)31-20-5-3-4-11-24-20)10-12-29-17-8-6-16(7-9-17)13-19-21(27)26-23(28)32-19/h3-9,11,15,19H,10,12-13H2,1-2H3,(H,26,27,28). The van der Waals surface area contributed by atoms with Crippen LogP contribution in [-0.2, 0) is 17.6 Å². The van der Waals surface area contributed by atoms with Crippen molar-refractivity contribution in [3.8, 4) is 5.75 Å². The maximum Gasteiger partial charge on any atom is 0.286 e. The number of nitrogens with zero attached hydrogens (tertiary/aromatic N) is 2. The Bertz CT molecular complexity index is 1090. The maximum atomic E-state index is 11.7. The molecule has 1 aromatic carbocycles. The van der Waals surface area contributed by atoms with Crippen molar-refractivity contribution in [1.82, 2.24) is 15.3 Å². The second-order valence-corrected chi connectivity index (χ2v) is 9.85. The van der Waals surface area contributed by atoms with Crippen molar-refractivity contribution >= 4 is 34.7 Å². The monoisotopic (exact) mass is 469 g/mol. The number of benzene rings is 1. The number of aromatic nitrogens is 2. The van der Waals surface area contributed by atoms with Gasteiger partial charge in [0.15, 0.2) is 0 Å². The largest absolute Gasteiger partial charge is 0.493 e. The first-order valence-corrected chi connectivity index (χ1v) is 12.0. The molecule has 2 atom stereocenters. The van der Waals surface area contributed by atoms with Gasteiger partial charge in [-0.2, -0.15) is 0 Å². The molecule has 7 nitrogen and oxygen atoms in total. The highest BCUT2D eigenvalue weighted by atomic mass is 32.2. The van der Waals surface area contributed by atoms with Crippen LogP contribution in [-0.4, -0.2) is 33.0 Å². The number of imide groups is 1. The highest BCUT2D eigenvalue weighted by Crippen LogP contribution is 2.33. The molecule has 3 heterocycles. The Morgan fingerprint density at radius 1 is 1.22 bits per heavy atom. The molecule has 0 bridgehead atoms. The third-order valence-corrected chi connectivity index (χ3v) is 6.93. The Labute approximate surface area is 194 Å². The summed E-state index contributed by atoms with van der Waals surface area (Å²) in [6, 6.07) is 13.4.